The van der Waals surface area contributed by atoms with E-state index in [2.05, 4.69) is 119 Å². The number of aromatic nitrogens is 1. The van der Waals surface area contributed by atoms with E-state index in [1.54, 1.807) is 0 Å². The predicted octanol–water partition coefficient (Wildman–Crippen LogP) is 10.5. The second-order valence-electron chi connectivity index (χ2n) is 12.7. The summed E-state index contributed by atoms with van der Waals surface area (Å²) >= 11 is 0. The Morgan fingerprint density at radius 1 is 0.560 bits per heavy atom. The van der Waals surface area contributed by atoms with Crippen molar-refractivity contribution in [1.29, 1.82) is 15.8 Å². The first kappa shape index (κ1) is 29.0. The van der Waals surface area contributed by atoms with Gasteiger partial charge in [-0.05, 0) is 71.3 Å². The van der Waals surface area contributed by atoms with E-state index < -0.39 is 0 Å². The minimum atomic E-state index is 0.0981. The van der Waals surface area contributed by atoms with Gasteiger partial charge < -0.3 is 9.47 Å². The summed E-state index contributed by atoms with van der Waals surface area (Å²) in [6.07, 6.45) is 6.13. The highest BCUT2D eigenvalue weighted by Crippen LogP contribution is 2.48. The molecule has 0 saturated heterocycles. The molecule has 232 valence electrons. The Kier molecular flexibility index (Phi) is 6.70. The quantitative estimate of drug-likeness (QED) is 0.192. The summed E-state index contributed by atoms with van der Waals surface area (Å²) in [6, 6.07) is 52.4. The minimum absolute atomic E-state index is 0.0981. The molecule has 1 aliphatic carbocycles. The van der Waals surface area contributed by atoms with Crippen LogP contribution >= 0.6 is 0 Å². The fourth-order valence-electron chi connectivity index (χ4n) is 7.79. The summed E-state index contributed by atoms with van der Waals surface area (Å²) in [6.45, 7) is 0. The fourth-order valence-corrected chi connectivity index (χ4v) is 7.79. The van der Waals surface area contributed by atoms with Gasteiger partial charge in [-0.15, -0.1) is 0 Å². The van der Waals surface area contributed by atoms with Gasteiger partial charge in [-0.3, -0.25) is 0 Å². The van der Waals surface area contributed by atoms with Crippen LogP contribution in [0.2, 0.25) is 0 Å². The molecule has 2 unspecified atom stereocenters. The lowest BCUT2D eigenvalue weighted by molar-refractivity contribution is 0.741. The third-order valence-corrected chi connectivity index (χ3v) is 10.0. The molecule has 0 radical (unpaired) electrons. The average Bonchev–Trinajstić information content (AvgIpc) is 3.69. The van der Waals surface area contributed by atoms with Crippen molar-refractivity contribution in [2.24, 2.45) is 0 Å². The molecular formula is C45H27N5. The molecule has 0 saturated carbocycles. The Hall–Kier alpha value is -7.13. The highest BCUT2D eigenvalue weighted by molar-refractivity contribution is 6.10. The molecular weight excluding hydrogens is 611 g/mol. The molecule has 7 aromatic rings. The Balaban J connectivity index is 1.10. The van der Waals surface area contributed by atoms with E-state index in [1.807, 2.05) is 60.7 Å². The number of nitriles is 3. The van der Waals surface area contributed by atoms with Gasteiger partial charge in [0.25, 0.3) is 0 Å². The molecule has 5 heteroatoms. The Morgan fingerprint density at radius 3 is 2.12 bits per heavy atom. The first-order valence-electron chi connectivity index (χ1n) is 16.5. The van der Waals surface area contributed by atoms with E-state index in [0.717, 1.165) is 61.1 Å². The molecule has 2 aliphatic rings. The van der Waals surface area contributed by atoms with Gasteiger partial charge in [0.05, 0.1) is 52.1 Å². The van der Waals surface area contributed by atoms with E-state index in [9.17, 15) is 15.8 Å². The third kappa shape index (κ3) is 4.45. The second-order valence-corrected chi connectivity index (χ2v) is 12.7. The lowest BCUT2D eigenvalue weighted by atomic mass is 9.89. The van der Waals surface area contributed by atoms with Gasteiger partial charge in [-0.1, -0.05) is 97.1 Å². The monoisotopic (exact) mass is 637 g/mol. The number of nitrogens with zero attached hydrogens (tertiary/aromatic N) is 5. The van der Waals surface area contributed by atoms with E-state index in [4.69, 9.17) is 0 Å². The topological polar surface area (TPSA) is 79.5 Å². The Bertz CT molecular complexity index is 2710. The van der Waals surface area contributed by atoms with Crippen molar-refractivity contribution >= 4 is 33.2 Å². The van der Waals surface area contributed by atoms with Crippen LogP contribution in [0.4, 0.5) is 11.4 Å². The van der Waals surface area contributed by atoms with Gasteiger partial charge in [0.2, 0.25) is 0 Å². The maximum absolute atomic E-state index is 10.5. The second kappa shape index (κ2) is 11.5. The molecule has 6 aromatic carbocycles. The predicted molar refractivity (Wildman–Crippen MR) is 199 cm³/mol. The molecule has 0 spiro atoms. The molecule has 0 fully saturated rings. The van der Waals surface area contributed by atoms with Crippen LogP contribution in [0, 0.1) is 34.0 Å². The first-order valence-corrected chi connectivity index (χ1v) is 16.5. The van der Waals surface area contributed by atoms with Crippen LogP contribution in [-0.4, -0.2) is 10.6 Å². The molecule has 2 atom stereocenters. The number of anilines is 2. The fraction of sp³-hybridized carbons (Fsp3) is 0.0444. The van der Waals surface area contributed by atoms with Crippen molar-refractivity contribution in [3.8, 4) is 46.1 Å². The Morgan fingerprint density at radius 2 is 1.30 bits per heavy atom. The molecule has 0 amide bonds. The summed E-state index contributed by atoms with van der Waals surface area (Å²) < 4.78 is 2.20. The number of hydrogen-bond donors (Lipinski definition) is 0. The van der Waals surface area contributed by atoms with Gasteiger partial charge in [0, 0.05) is 44.8 Å². The zero-order chi connectivity index (χ0) is 33.8. The van der Waals surface area contributed by atoms with Crippen LogP contribution in [-0.2, 0) is 0 Å². The molecule has 0 bridgehead atoms. The SMILES string of the molecule is N#CC1=CC2c3ccccc3N(c3ccc(-c4ccc(-c5ccccc5-n5c6ccccc6c6ccc(C#N)cc65)c(C#N)c4)cc3)C2C=C1. The van der Waals surface area contributed by atoms with Crippen molar-refractivity contribution in [2.45, 2.75) is 12.0 Å². The number of rotatable bonds is 4. The third-order valence-electron chi connectivity index (χ3n) is 10.0. The number of fused-ring (bicyclic) bond motifs is 6. The van der Waals surface area contributed by atoms with Crippen LogP contribution in [0.25, 0.3) is 49.7 Å². The van der Waals surface area contributed by atoms with Gasteiger partial charge >= 0.3 is 0 Å². The molecule has 1 aromatic heterocycles. The van der Waals surface area contributed by atoms with Crippen molar-refractivity contribution in [3.63, 3.8) is 0 Å². The summed E-state index contributed by atoms with van der Waals surface area (Å²) in [5, 5.41) is 31.9. The largest absolute Gasteiger partial charge is 0.333 e. The van der Waals surface area contributed by atoms with Crippen molar-refractivity contribution in [2.75, 3.05) is 4.90 Å². The lowest BCUT2D eigenvalue weighted by Crippen LogP contribution is -2.28. The normalized spacial score (nSPS) is 15.9. The van der Waals surface area contributed by atoms with E-state index in [0.29, 0.717) is 16.7 Å². The van der Waals surface area contributed by atoms with Gasteiger partial charge in [-0.25, -0.2) is 0 Å². The first-order chi connectivity index (χ1) is 24.7. The smallest absolute Gasteiger partial charge is 0.0998 e. The van der Waals surface area contributed by atoms with Crippen LogP contribution in [0.5, 0.6) is 0 Å². The summed E-state index contributed by atoms with van der Waals surface area (Å²) in [5.74, 6) is 0.120. The molecule has 2 heterocycles. The highest BCUT2D eigenvalue weighted by atomic mass is 15.2. The van der Waals surface area contributed by atoms with Crippen LogP contribution < -0.4 is 4.90 Å². The van der Waals surface area contributed by atoms with E-state index >= 15 is 0 Å². The molecule has 50 heavy (non-hydrogen) atoms. The number of hydrogen-bond acceptors (Lipinski definition) is 4. The number of para-hydroxylation sites is 3. The number of benzene rings is 6. The van der Waals surface area contributed by atoms with E-state index in [-0.39, 0.29) is 12.0 Å². The summed E-state index contributed by atoms with van der Waals surface area (Å²) in [4.78, 5) is 2.35. The Labute approximate surface area is 289 Å². The summed E-state index contributed by atoms with van der Waals surface area (Å²) in [5.41, 5.74) is 12.0. The van der Waals surface area contributed by atoms with Gasteiger partial charge in [0.15, 0.2) is 0 Å². The van der Waals surface area contributed by atoms with Gasteiger partial charge in [-0.2, -0.15) is 15.8 Å². The van der Waals surface area contributed by atoms with E-state index in [1.165, 1.54) is 5.56 Å². The summed E-state index contributed by atoms with van der Waals surface area (Å²) in [7, 11) is 0. The van der Waals surface area contributed by atoms with Crippen LogP contribution in [0.1, 0.15) is 22.6 Å². The molecule has 5 nitrogen and oxygen atoms in total. The molecule has 9 rings (SSSR count). The maximum atomic E-state index is 10.5. The van der Waals surface area contributed by atoms with Crippen molar-refractivity contribution in [1.82, 2.24) is 4.57 Å². The zero-order valence-electron chi connectivity index (χ0n) is 26.8. The molecule has 0 N–H and O–H groups in total. The molecule has 1 aliphatic heterocycles. The highest BCUT2D eigenvalue weighted by Gasteiger charge is 2.38. The lowest BCUT2D eigenvalue weighted by Gasteiger charge is -2.29. The van der Waals surface area contributed by atoms with Gasteiger partial charge in [0.1, 0.15) is 0 Å². The standard InChI is InChI=1S/C45H27N5/c46-26-29-14-22-44-40(23-29)38-9-3-4-10-41(38)49(44)34-18-15-31(16-19-34)32-17-21-35(33(25-32)28-48)36-7-1-5-11-42(36)50-43-12-6-2-8-37(43)39-20-13-30(27-47)24-45(39)50/h1-25,40,44H. The van der Waals surface area contributed by atoms with Crippen molar-refractivity contribution < 1.29 is 0 Å². The maximum Gasteiger partial charge on any atom is 0.0998 e. The minimum Gasteiger partial charge on any atom is -0.333 e. The zero-order valence-corrected chi connectivity index (χ0v) is 26.8. The van der Waals surface area contributed by atoms with Crippen LogP contribution in [0.15, 0.2) is 157 Å². The number of allylic oxidation sites excluding steroid dienone is 2. The average molecular weight is 638 g/mol. The van der Waals surface area contributed by atoms with Crippen LogP contribution in [0.3, 0.4) is 0 Å². The van der Waals surface area contributed by atoms with Crippen molar-refractivity contribution in [3.05, 3.63) is 174 Å².